The minimum absolute atomic E-state index is 1.07. The highest BCUT2D eigenvalue weighted by molar-refractivity contribution is 5.86. The van der Waals surface area contributed by atoms with Crippen molar-refractivity contribution in [2.24, 2.45) is 0 Å². The summed E-state index contributed by atoms with van der Waals surface area (Å²) in [5.74, 6) is 0. The van der Waals surface area contributed by atoms with Crippen LogP contribution in [0.3, 0.4) is 0 Å². The lowest BCUT2D eigenvalue weighted by molar-refractivity contribution is 1.32. The molecular weight excluding hydrogens is 512 g/mol. The van der Waals surface area contributed by atoms with Crippen LogP contribution in [0.4, 0.5) is 0 Å². The van der Waals surface area contributed by atoms with Gasteiger partial charge in [-0.2, -0.15) is 0 Å². The Kier molecular flexibility index (Phi) is 6.85. The molecule has 0 spiro atoms. The Morgan fingerprint density at radius 3 is 0.810 bits per heavy atom. The Hall–Kier alpha value is -5.74. The Labute approximate surface area is 245 Å². The Balaban J connectivity index is 1.43. The summed E-state index contributed by atoms with van der Waals surface area (Å²) < 4.78 is 0. The van der Waals surface area contributed by atoms with Crippen LogP contribution in [0.5, 0.6) is 0 Å². The van der Waals surface area contributed by atoms with Crippen LogP contribution >= 0.6 is 0 Å². The quantitative estimate of drug-likeness (QED) is 0.212. The Morgan fingerprint density at radius 1 is 0.238 bits per heavy atom. The monoisotopic (exact) mass is 538 g/mol. The number of hydrogen-bond acceptors (Lipinski definition) is 4. The Bertz CT molecular complexity index is 1900. The highest BCUT2D eigenvalue weighted by atomic mass is 14.6. The zero-order valence-electron chi connectivity index (χ0n) is 22.8. The lowest BCUT2D eigenvalue weighted by Crippen LogP contribution is -1.90. The van der Waals surface area contributed by atoms with Gasteiger partial charge in [0, 0.05) is 71.8 Å². The average Bonchev–Trinajstić information content (AvgIpc) is 3.09. The first-order valence-electron chi connectivity index (χ1n) is 13.8. The first-order chi connectivity index (χ1) is 20.8. The maximum atomic E-state index is 4.41. The molecule has 4 aromatic heterocycles. The molecule has 7 aromatic rings. The summed E-state index contributed by atoms with van der Waals surface area (Å²) in [6.07, 6.45) is 14.9. The molecule has 0 aliphatic carbocycles. The smallest absolute Gasteiger partial charge is 0.0346 e. The lowest BCUT2D eigenvalue weighted by Gasteiger charge is -2.15. The second-order valence-corrected chi connectivity index (χ2v) is 10.1. The van der Waals surface area contributed by atoms with Gasteiger partial charge in [0.1, 0.15) is 0 Å². The summed E-state index contributed by atoms with van der Waals surface area (Å²) in [4.78, 5) is 17.5. The highest BCUT2D eigenvalue weighted by Gasteiger charge is 2.12. The van der Waals surface area contributed by atoms with Crippen LogP contribution in [0.2, 0.25) is 0 Å². The molecule has 0 saturated carbocycles. The summed E-state index contributed by atoms with van der Waals surface area (Å²) in [5, 5.41) is 0. The molecule has 0 fully saturated rings. The molecular formula is C38H26N4. The zero-order valence-corrected chi connectivity index (χ0v) is 22.8. The van der Waals surface area contributed by atoms with Crippen molar-refractivity contribution in [1.29, 1.82) is 0 Å². The number of benzene rings is 3. The van der Waals surface area contributed by atoms with Gasteiger partial charge in [0.2, 0.25) is 0 Å². The standard InChI is InChI=1S/C38H26N4/c1-6-27(29-8-2-12-39-23-29)16-28(7-1)33-17-34(30-9-3-13-40-24-30)20-37(18-33)38-21-35(31-10-4-14-41-25-31)19-36(22-38)32-11-5-15-42-26-32/h1-26H. The third-order valence-electron chi connectivity index (χ3n) is 7.37. The van der Waals surface area contributed by atoms with E-state index in [1.54, 1.807) is 18.6 Å². The van der Waals surface area contributed by atoms with E-state index in [-0.39, 0.29) is 0 Å². The van der Waals surface area contributed by atoms with Gasteiger partial charge < -0.3 is 0 Å². The minimum atomic E-state index is 1.07. The maximum absolute atomic E-state index is 4.41. The van der Waals surface area contributed by atoms with E-state index in [1.165, 1.54) is 0 Å². The molecule has 0 bridgehead atoms. The van der Waals surface area contributed by atoms with E-state index in [4.69, 9.17) is 0 Å². The van der Waals surface area contributed by atoms with Crippen molar-refractivity contribution in [3.8, 4) is 66.8 Å². The van der Waals surface area contributed by atoms with Gasteiger partial charge in [-0.05, 0) is 111 Å². The van der Waals surface area contributed by atoms with E-state index in [0.717, 1.165) is 66.8 Å². The number of hydrogen-bond donors (Lipinski definition) is 0. The highest BCUT2D eigenvalue weighted by Crippen LogP contribution is 2.37. The minimum Gasteiger partial charge on any atom is -0.264 e. The molecule has 0 N–H and O–H groups in total. The molecule has 0 amide bonds. The first kappa shape index (κ1) is 25.2. The molecule has 0 aliphatic heterocycles. The molecule has 4 heterocycles. The van der Waals surface area contributed by atoms with Crippen molar-refractivity contribution < 1.29 is 0 Å². The van der Waals surface area contributed by atoms with Crippen molar-refractivity contribution in [1.82, 2.24) is 19.9 Å². The van der Waals surface area contributed by atoms with Gasteiger partial charge in [0.15, 0.2) is 0 Å². The van der Waals surface area contributed by atoms with Crippen molar-refractivity contribution in [2.75, 3.05) is 0 Å². The van der Waals surface area contributed by atoms with Crippen LogP contribution in [0.25, 0.3) is 66.8 Å². The van der Waals surface area contributed by atoms with E-state index < -0.39 is 0 Å². The molecule has 0 aliphatic rings. The van der Waals surface area contributed by atoms with E-state index in [9.17, 15) is 0 Å². The Morgan fingerprint density at radius 2 is 0.476 bits per heavy atom. The van der Waals surface area contributed by atoms with Gasteiger partial charge in [-0.25, -0.2) is 0 Å². The maximum Gasteiger partial charge on any atom is 0.0346 e. The van der Waals surface area contributed by atoms with Crippen LogP contribution in [-0.4, -0.2) is 19.9 Å². The van der Waals surface area contributed by atoms with Gasteiger partial charge in [0.25, 0.3) is 0 Å². The average molecular weight is 539 g/mol. The summed E-state index contributed by atoms with van der Waals surface area (Å²) in [6.45, 7) is 0. The van der Waals surface area contributed by atoms with E-state index in [0.29, 0.717) is 0 Å². The SMILES string of the molecule is c1cncc(-c2cccc(-c3cc(-c4cccnc4)cc(-c4cc(-c5cccnc5)cc(-c5cccnc5)c4)c3)c2)c1. The molecule has 4 heteroatoms. The van der Waals surface area contributed by atoms with E-state index in [2.05, 4.69) is 105 Å². The summed E-state index contributed by atoms with van der Waals surface area (Å²) in [7, 11) is 0. The van der Waals surface area contributed by atoms with Gasteiger partial charge in [-0.1, -0.05) is 42.5 Å². The fourth-order valence-electron chi connectivity index (χ4n) is 5.27. The van der Waals surface area contributed by atoms with Gasteiger partial charge in [-0.15, -0.1) is 0 Å². The predicted octanol–water partition coefficient (Wildman–Crippen LogP) is 9.27. The van der Waals surface area contributed by atoms with Crippen molar-refractivity contribution in [3.05, 3.63) is 159 Å². The normalized spacial score (nSPS) is 10.9. The van der Waals surface area contributed by atoms with Crippen LogP contribution in [0.15, 0.2) is 159 Å². The predicted molar refractivity (Wildman–Crippen MR) is 170 cm³/mol. The third-order valence-corrected chi connectivity index (χ3v) is 7.37. The fourth-order valence-corrected chi connectivity index (χ4v) is 5.27. The lowest BCUT2D eigenvalue weighted by atomic mass is 9.90. The van der Waals surface area contributed by atoms with Gasteiger partial charge >= 0.3 is 0 Å². The van der Waals surface area contributed by atoms with E-state index in [1.807, 2.05) is 55.2 Å². The van der Waals surface area contributed by atoms with Crippen LogP contribution < -0.4 is 0 Å². The zero-order chi connectivity index (χ0) is 28.1. The second kappa shape index (κ2) is 11.4. The summed E-state index contributed by atoms with van der Waals surface area (Å²) in [6, 6.07) is 38.4. The van der Waals surface area contributed by atoms with Crippen LogP contribution in [-0.2, 0) is 0 Å². The molecule has 42 heavy (non-hydrogen) atoms. The van der Waals surface area contributed by atoms with Gasteiger partial charge in [-0.3, -0.25) is 19.9 Å². The molecule has 0 saturated heterocycles. The number of aromatic nitrogens is 4. The summed E-state index contributed by atoms with van der Waals surface area (Å²) in [5.41, 5.74) is 13.2. The van der Waals surface area contributed by atoms with Crippen LogP contribution in [0, 0.1) is 0 Å². The van der Waals surface area contributed by atoms with Gasteiger partial charge in [0.05, 0.1) is 0 Å². The molecule has 4 nitrogen and oxygen atoms in total. The molecule has 0 atom stereocenters. The molecule has 198 valence electrons. The fraction of sp³-hybridized carbons (Fsp3) is 0. The first-order valence-corrected chi connectivity index (χ1v) is 13.8. The van der Waals surface area contributed by atoms with Crippen LogP contribution in [0.1, 0.15) is 0 Å². The third kappa shape index (κ3) is 5.34. The second-order valence-electron chi connectivity index (χ2n) is 10.1. The van der Waals surface area contributed by atoms with Crippen molar-refractivity contribution in [2.45, 2.75) is 0 Å². The molecule has 7 rings (SSSR count). The number of rotatable bonds is 6. The number of pyridine rings is 4. The number of nitrogens with zero attached hydrogens (tertiary/aromatic N) is 4. The van der Waals surface area contributed by atoms with E-state index >= 15 is 0 Å². The topological polar surface area (TPSA) is 51.6 Å². The summed E-state index contributed by atoms with van der Waals surface area (Å²) >= 11 is 0. The largest absolute Gasteiger partial charge is 0.264 e. The molecule has 0 unspecified atom stereocenters. The molecule has 0 radical (unpaired) electrons. The van der Waals surface area contributed by atoms with Crippen molar-refractivity contribution in [3.63, 3.8) is 0 Å². The molecule has 3 aromatic carbocycles. The van der Waals surface area contributed by atoms with Crippen molar-refractivity contribution >= 4 is 0 Å².